The van der Waals surface area contributed by atoms with E-state index < -0.39 is 0 Å². The highest BCUT2D eigenvalue weighted by Gasteiger charge is 2.37. The number of nitrogens with one attached hydrogen (secondary N) is 1. The molecule has 0 saturated carbocycles. The zero-order valence-electron chi connectivity index (χ0n) is 14.4. The molecule has 2 aliphatic rings. The van der Waals surface area contributed by atoms with Gasteiger partial charge in [0.2, 0.25) is 0 Å². The average Bonchev–Trinajstić information content (AvgIpc) is 2.94. The number of likely N-dealkylation sites (tertiary alicyclic amines) is 2. The molecule has 0 aromatic carbocycles. The van der Waals surface area contributed by atoms with Crippen molar-refractivity contribution in [3.8, 4) is 0 Å². The maximum Gasteiger partial charge on any atom is 0.317 e. The van der Waals surface area contributed by atoms with Crippen molar-refractivity contribution in [1.29, 1.82) is 0 Å². The van der Waals surface area contributed by atoms with Crippen LogP contribution >= 0.6 is 0 Å². The molecule has 2 amide bonds. The molecule has 0 radical (unpaired) electrons. The maximum absolute atomic E-state index is 12.2. The van der Waals surface area contributed by atoms with E-state index in [4.69, 9.17) is 0 Å². The van der Waals surface area contributed by atoms with Crippen LogP contribution in [0.15, 0.2) is 12.4 Å². The second-order valence-corrected chi connectivity index (χ2v) is 6.91. The molecule has 2 aliphatic heterocycles. The van der Waals surface area contributed by atoms with Crippen LogP contribution in [0.25, 0.3) is 0 Å². The number of carbonyl (C=O) groups excluding carboxylic acids is 1. The van der Waals surface area contributed by atoms with Gasteiger partial charge in [0.15, 0.2) is 0 Å². The first-order chi connectivity index (χ1) is 11.2. The van der Waals surface area contributed by atoms with Gasteiger partial charge in [-0.25, -0.2) is 4.79 Å². The third-order valence-corrected chi connectivity index (χ3v) is 5.06. The van der Waals surface area contributed by atoms with Gasteiger partial charge in [-0.1, -0.05) is 13.3 Å². The number of rotatable bonds is 5. The minimum absolute atomic E-state index is 0.0501. The molecule has 2 saturated heterocycles. The molecule has 3 heterocycles. The van der Waals surface area contributed by atoms with Crippen LogP contribution in [0.2, 0.25) is 0 Å². The normalized spacial score (nSPS) is 22.9. The van der Waals surface area contributed by atoms with Gasteiger partial charge in [-0.2, -0.15) is 5.10 Å². The highest BCUT2D eigenvalue weighted by molar-refractivity contribution is 5.75. The number of nitrogens with zero attached hydrogens (tertiary/aromatic N) is 4. The van der Waals surface area contributed by atoms with E-state index in [9.17, 15) is 4.79 Å². The lowest BCUT2D eigenvalue weighted by molar-refractivity contribution is 0.0169. The summed E-state index contributed by atoms with van der Waals surface area (Å²) in [5, 5.41) is 7.30. The molecule has 6 heteroatoms. The third-order valence-electron chi connectivity index (χ3n) is 5.06. The Kier molecular flexibility index (Phi) is 5.20. The van der Waals surface area contributed by atoms with E-state index in [0.29, 0.717) is 18.6 Å². The third kappa shape index (κ3) is 3.86. The summed E-state index contributed by atoms with van der Waals surface area (Å²) >= 11 is 0. The molecule has 0 unspecified atom stereocenters. The van der Waals surface area contributed by atoms with Crippen LogP contribution in [-0.4, -0.2) is 57.3 Å². The molecule has 1 aromatic heterocycles. The smallest absolute Gasteiger partial charge is 0.317 e. The number of aryl methyl sites for hydroxylation is 1. The van der Waals surface area contributed by atoms with E-state index in [1.807, 2.05) is 22.0 Å². The molecular weight excluding hydrogens is 290 g/mol. The fraction of sp³-hybridized carbons (Fsp3) is 0.765. The molecule has 2 fully saturated rings. The van der Waals surface area contributed by atoms with Gasteiger partial charge >= 0.3 is 6.03 Å². The van der Waals surface area contributed by atoms with Crippen molar-refractivity contribution in [3.05, 3.63) is 18.0 Å². The number of aromatic nitrogens is 2. The van der Waals surface area contributed by atoms with E-state index >= 15 is 0 Å². The Morgan fingerprint density at radius 3 is 2.96 bits per heavy atom. The molecule has 0 bridgehead atoms. The van der Waals surface area contributed by atoms with Crippen LogP contribution in [0.5, 0.6) is 0 Å². The van der Waals surface area contributed by atoms with Crippen LogP contribution < -0.4 is 5.32 Å². The Balaban J connectivity index is 1.40. The number of amides is 2. The number of urea groups is 1. The van der Waals surface area contributed by atoms with Gasteiger partial charge in [-0.15, -0.1) is 0 Å². The van der Waals surface area contributed by atoms with Crippen LogP contribution in [0.3, 0.4) is 0 Å². The standard InChI is InChI=1S/C17H29N5O/c1-3-7-21-11-15(10-19-21)9-18-17(23)20-12-16(13-20)22-8-5-4-6-14(22)2/h10-11,14,16H,3-9,12-13H2,1-2H3,(H,18,23)/t14-/m0/s1. The first kappa shape index (κ1) is 16.3. The van der Waals surface area contributed by atoms with Crippen molar-refractivity contribution in [2.75, 3.05) is 19.6 Å². The minimum Gasteiger partial charge on any atom is -0.334 e. The molecule has 1 N–H and O–H groups in total. The highest BCUT2D eigenvalue weighted by Crippen LogP contribution is 2.24. The summed E-state index contributed by atoms with van der Waals surface area (Å²) in [6.07, 6.45) is 8.86. The van der Waals surface area contributed by atoms with Gasteiger partial charge < -0.3 is 10.2 Å². The van der Waals surface area contributed by atoms with Gasteiger partial charge in [0, 0.05) is 50.0 Å². The average molecular weight is 319 g/mol. The Morgan fingerprint density at radius 2 is 2.22 bits per heavy atom. The summed E-state index contributed by atoms with van der Waals surface area (Å²) < 4.78 is 1.93. The zero-order valence-corrected chi connectivity index (χ0v) is 14.4. The van der Waals surface area contributed by atoms with Crippen molar-refractivity contribution in [3.63, 3.8) is 0 Å². The zero-order chi connectivity index (χ0) is 16.2. The largest absolute Gasteiger partial charge is 0.334 e. The Morgan fingerprint density at radius 1 is 1.39 bits per heavy atom. The lowest BCUT2D eigenvalue weighted by atomic mass is 9.98. The predicted octanol–water partition coefficient (Wildman–Crippen LogP) is 2.06. The quantitative estimate of drug-likeness (QED) is 0.904. The summed E-state index contributed by atoms with van der Waals surface area (Å²) in [7, 11) is 0. The van der Waals surface area contributed by atoms with Crippen molar-refractivity contribution in [1.82, 2.24) is 24.9 Å². The number of piperidine rings is 1. The predicted molar refractivity (Wildman–Crippen MR) is 90.1 cm³/mol. The van der Waals surface area contributed by atoms with E-state index in [1.54, 1.807) is 0 Å². The van der Waals surface area contributed by atoms with Crippen LogP contribution in [0.4, 0.5) is 4.79 Å². The molecule has 128 valence electrons. The molecule has 1 atom stereocenters. The molecular formula is C17H29N5O. The van der Waals surface area contributed by atoms with Crippen molar-refractivity contribution in [2.45, 2.75) is 64.7 Å². The summed E-state index contributed by atoms with van der Waals surface area (Å²) in [5.41, 5.74) is 1.06. The van der Waals surface area contributed by atoms with Crippen LogP contribution in [0, 0.1) is 0 Å². The van der Waals surface area contributed by atoms with E-state index in [1.165, 1.54) is 25.8 Å². The number of carbonyl (C=O) groups is 1. The Hall–Kier alpha value is -1.56. The Bertz CT molecular complexity index is 523. The van der Waals surface area contributed by atoms with Crippen molar-refractivity contribution in [2.24, 2.45) is 0 Å². The monoisotopic (exact) mass is 319 g/mol. The van der Waals surface area contributed by atoms with Gasteiger partial charge in [-0.3, -0.25) is 9.58 Å². The van der Waals surface area contributed by atoms with Crippen LogP contribution in [0.1, 0.15) is 45.1 Å². The van der Waals surface area contributed by atoms with E-state index in [-0.39, 0.29) is 6.03 Å². The number of hydrogen-bond acceptors (Lipinski definition) is 3. The summed E-state index contributed by atoms with van der Waals surface area (Å²) in [4.78, 5) is 16.7. The summed E-state index contributed by atoms with van der Waals surface area (Å²) in [5.74, 6) is 0. The summed E-state index contributed by atoms with van der Waals surface area (Å²) in [6, 6.07) is 1.28. The second-order valence-electron chi connectivity index (χ2n) is 6.91. The van der Waals surface area contributed by atoms with Gasteiger partial charge in [0.25, 0.3) is 0 Å². The van der Waals surface area contributed by atoms with Gasteiger partial charge in [0.1, 0.15) is 0 Å². The van der Waals surface area contributed by atoms with Gasteiger partial charge in [0.05, 0.1) is 6.20 Å². The van der Waals surface area contributed by atoms with E-state index in [0.717, 1.165) is 31.6 Å². The maximum atomic E-state index is 12.2. The lowest BCUT2D eigenvalue weighted by Crippen LogP contribution is -2.64. The first-order valence-electron chi connectivity index (χ1n) is 8.97. The second kappa shape index (κ2) is 7.34. The molecule has 0 aliphatic carbocycles. The molecule has 3 rings (SSSR count). The fourth-order valence-electron chi connectivity index (χ4n) is 3.63. The molecule has 23 heavy (non-hydrogen) atoms. The fourth-order valence-corrected chi connectivity index (χ4v) is 3.63. The topological polar surface area (TPSA) is 53.4 Å². The van der Waals surface area contributed by atoms with Gasteiger partial charge in [-0.05, 0) is 32.7 Å². The Labute approximate surface area is 138 Å². The lowest BCUT2D eigenvalue weighted by Gasteiger charge is -2.49. The summed E-state index contributed by atoms with van der Waals surface area (Å²) in [6.45, 7) is 8.86. The number of hydrogen-bond donors (Lipinski definition) is 1. The minimum atomic E-state index is 0.0501. The highest BCUT2D eigenvalue weighted by atomic mass is 16.2. The molecule has 0 spiro atoms. The van der Waals surface area contributed by atoms with Crippen molar-refractivity contribution >= 4 is 6.03 Å². The SMILES string of the molecule is CCCn1cc(CNC(=O)N2CC(N3CCCC[C@@H]3C)C2)cn1. The van der Waals surface area contributed by atoms with Crippen molar-refractivity contribution < 1.29 is 4.79 Å². The van der Waals surface area contributed by atoms with Crippen LogP contribution in [-0.2, 0) is 13.1 Å². The van der Waals surface area contributed by atoms with E-state index in [2.05, 4.69) is 29.2 Å². The molecule has 6 nitrogen and oxygen atoms in total. The first-order valence-corrected chi connectivity index (χ1v) is 8.97. The molecule has 1 aromatic rings.